The molecule has 4 heteroatoms. The van der Waals surface area contributed by atoms with Gasteiger partial charge in [0.2, 0.25) is 5.91 Å². The lowest BCUT2D eigenvalue weighted by Crippen LogP contribution is -2.53. The number of fused-ring (bicyclic) bond motifs is 1. The molecule has 0 heterocycles. The van der Waals surface area contributed by atoms with Gasteiger partial charge in [-0.15, -0.1) is 0 Å². The standard InChI is InChI=1S/C29H25NO3/c31-18-24(32)27-25(20-11-3-1-4-12-20)28(26(27)21-13-5-2-6-14-21)29(33)30-23-17-9-15-19-10-7-8-16-22(19)23/h1-17,25-28,31H,18H2,(H,30,33). The van der Waals surface area contributed by atoms with Gasteiger partial charge in [-0.1, -0.05) is 97.1 Å². The lowest BCUT2D eigenvalue weighted by atomic mass is 9.51. The quantitative estimate of drug-likeness (QED) is 0.440. The van der Waals surface area contributed by atoms with E-state index in [1.165, 1.54) is 0 Å². The summed E-state index contributed by atoms with van der Waals surface area (Å²) in [6, 6.07) is 33.2. The maximum Gasteiger partial charge on any atom is 0.228 e. The van der Waals surface area contributed by atoms with Crippen molar-refractivity contribution in [2.24, 2.45) is 11.8 Å². The van der Waals surface area contributed by atoms with E-state index in [0.29, 0.717) is 0 Å². The Morgan fingerprint density at radius 2 is 1.21 bits per heavy atom. The van der Waals surface area contributed by atoms with Crippen LogP contribution in [-0.2, 0) is 9.59 Å². The van der Waals surface area contributed by atoms with Crippen molar-refractivity contribution in [2.45, 2.75) is 11.8 Å². The van der Waals surface area contributed by atoms with Gasteiger partial charge in [0, 0.05) is 28.8 Å². The van der Waals surface area contributed by atoms with Gasteiger partial charge in [0.05, 0.1) is 5.92 Å². The summed E-state index contributed by atoms with van der Waals surface area (Å²) in [5.41, 5.74) is 2.64. The Kier molecular flexibility index (Phi) is 5.76. The van der Waals surface area contributed by atoms with E-state index < -0.39 is 18.4 Å². The Morgan fingerprint density at radius 1 is 0.667 bits per heavy atom. The van der Waals surface area contributed by atoms with Crippen molar-refractivity contribution < 1.29 is 14.7 Å². The monoisotopic (exact) mass is 435 g/mol. The lowest BCUT2D eigenvalue weighted by Gasteiger charge is -2.50. The fourth-order valence-corrected chi connectivity index (χ4v) is 5.31. The summed E-state index contributed by atoms with van der Waals surface area (Å²) in [6.07, 6.45) is 0. The van der Waals surface area contributed by atoms with E-state index in [1.807, 2.05) is 103 Å². The average Bonchev–Trinajstić information content (AvgIpc) is 2.85. The molecule has 1 saturated carbocycles. The van der Waals surface area contributed by atoms with Crippen molar-refractivity contribution in [1.29, 1.82) is 0 Å². The summed E-state index contributed by atoms with van der Waals surface area (Å²) in [5.74, 6) is -1.84. The number of aliphatic hydroxyl groups excluding tert-OH is 1. The molecule has 164 valence electrons. The van der Waals surface area contributed by atoms with Crippen LogP contribution < -0.4 is 5.32 Å². The molecule has 2 atom stereocenters. The van der Waals surface area contributed by atoms with E-state index in [4.69, 9.17) is 0 Å². The number of ketones is 1. The minimum absolute atomic E-state index is 0.115. The highest BCUT2D eigenvalue weighted by molar-refractivity contribution is 6.04. The molecular weight excluding hydrogens is 410 g/mol. The van der Waals surface area contributed by atoms with Gasteiger partial charge in [0.25, 0.3) is 0 Å². The first-order valence-electron chi connectivity index (χ1n) is 11.2. The van der Waals surface area contributed by atoms with Crippen LogP contribution >= 0.6 is 0 Å². The van der Waals surface area contributed by atoms with Crippen molar-refractivity contribution in [1.82, 2.24) is 0 Å². The summed E-state index contributed by atoms with van der Waals surface area (Å²) in [7, 11) is 0. The number of amides is 1. The van der Waals surface area contributed by atoms with Crippen LogP contribution in [0.15, 0.2) is 103 Å². The van der Waals surface area contributed by atoms with Gasteiger partial charge in [-0.05, 0) is 22.6 Å². The first-order valence-corrected chi connectivity index (χ1v) is 11.2. The Balaban J connectivity index is 1.56. The molecule has 0 spiro atoms. The highest BCUT2D eigenvalue weighted by Gasteiger charge is 2.57. The third-order valence-corrected chi connectivity index (χ3v) is 6.79. The van der Waals surface area contributed by atoms with Crippen molar-refractivity contribution in [3.05, 3.63) is 114 Å². The number of benzene rings is 4. The van der Waals surface area contributed by atoms with Gasteiger partial charge in [0.1, 0.15) is 6.61 Å². The molecule has 0 bridgehead atoms. The number of carbonyl (C=O) groups is 2. The number of nitrogens with one attached hydrogen (secondary N) is 1. The number of hydrogen-bond donors (Lipinski definition) is 2. The summed E-state index contributed by atoms with van der Waals surface area (Å²) < 4.78 is 0. The van der Waals surface area contributed by atoms with Crippen molar-refractivity contribution in [3.8, 4) is 0 Å². The fourth-order valence-electron chi connectivity index (χ4n) is 5.31. The number of hydrogen-bond acceptors (Lipinski definition) is 3. The van der Waals surface area contributed by atoms with E-state index in [9.17, 15) is 14.7 Å². The number of Topliss-reactive ketones (excluding diaryl/α,β-unsaturated/α-hetero) is 1. The highest BCUT2D eigenvalue weighted by Crippen LogP contribution is 2.58. The molecule has 0 radical (unpaired) electrons. The molecule has 1 amide bonds. The SMILES string of the molecule is O=C(CO)C1C(c2ccccc2)C(C(=O)Nc2cccc3ccccc23)C1c1ccccc1. The zero-order chi connectivity index (χ0) is 22.8. The van der Waals surface area contributed by atoms with Crippen LogP contribution in [0.5, 0.6) is 0 Å². The van der Waals surface area contributed by atoms with Crippen LogP contribution in [0.4, 0.5) is 5.69 Å². The Morgan fingerprint density at radius 3 is 1.82 bits per heavy atom. The van der Waals surface area contributed by atoms with Crippen molar-refractivity contribution in [2.75, 3.05) is 11.9 Å². The topological polar surface area (TPSA) is 66.4 Å². The Labute approximate surface area is 192 Å². The van der Waals surface area contributed by atoms with Gasteiger partial charge in [-0.25, -0.2) is 0 Å². The van der Waals surface area contributed by atoms with Crippen LogP contribution in [-0.4, -0.2) is 23.4 Å². The van der Waals surface area contributed by atoms with E-state index in [1.54, 1.807) is 0 Å². The van der Waals surface area contributed by atoms with Crippen molar-refractivity contribution >= 4 is 28.2 Å². The van der Waals surface area contributed by atoms with Gasteiger partial charge >= 0.3 is 0 Å². The van der Waals surface area contributed by atoms with Crippen LogP contribution in [0.25, 0.3) is 10.8 Å². The molecule has 0 aliphatic heterocycles. The van der Waals surface area contributed by atoms with Gasteiger partial charge in [-0.2, -0.15) is 0 Å². The number of rotatable bonds is 6. The number of carbonyl (C=O) groups excluding carboxylic acids is 2. The van der Waals surface area contributed by atoms with E-state index in [0.717, 1.165) is 27.6 Å². The van der Waals surface area contributed by atoms with Gasteiger partial charge in [0.15, 0.2) is 5.78 Å². The van der Waals surface area contributed by atoms with Gasteiger partial charge < -0.3 is 10.4 Å². The third-order valence-electron chi connectivity index (χ3n) is 6.79. The number of anilines is 1. The molecule has 0 aromatic heterocycles. The molecule has 4 nitrogen and oxygen atoms in total. The average molecular weight is 436 g/mol. The molecule has 1 aliphatic rings. The molecule has 2 N–H and O–H groups in total. The number of aliphatic hydroxyl groups is 1. The lowest BCUT2D eigenvalue weighted by molar-refractivity contribution is -0.138. The maximum absolute atomic E-state index is 13.8. The molecule has 4 aromatic rings. The van der Waals surface area contributed by atoms with Crippen LogP contribution in [0, 0.1) is 11.8 Å². The summed E-state index contributed by atoms with van der Waals surface area (Å²) >= 11 is 0. The normalized spacial score (nSPS) is 21.8. The van der Waals surface area contributed by atoms with Gasteiger partial charge in [-0.3, -0.25) is 9.59 Å². The smallest absolute Gasteiger partial charge is 0.228 e. The second-order valence-corrected chi connectivity index (χ2v) is 8.56. The molecule has 5 rings (SSSR count). The summed E-state index contributed by atoms with van der Waals surface area (Å²) in [4.78, 5) is 26.7. The maximum atomic E-state index is 13.8. The van der Waals surface area contributed by atoms with Crippen molar-refractivity contribution in [3.63, 3.8) is 0 Å². The zero-order valence-electron chi connectivity index (χ0n) is 18.1. The second-order valence-electron chi connectivity index (χ2n) is 8.56. The molecule has 0 saturated heterocycles. The fraction of sp³-hybridized carbons (Fsp3) is 0.172. The third kappa shape index (κ3) is 3.83. The molecule has 2 unspecified atom stereocenters. The molecular formula is C29H25NO3. The van der Waals surface area contributed by atoms with E-state index in [2.05, 4.69) is 5.32 Å². The first kappa shape index (κ1) is 21.1. The summed E-state index contributed by atoms with van der Waals surface area (Å²) in [6.45, 7) is -0.533. The van der Waals surface area contributed by atoms with Crippen LogP contribution in [0.2, 0.25) is 0 Å². The van der Waals surface area contributed by atoms with Crippen LogP contribution in [0.3, 0.4) is 0 Å². The highest BCUT2D eigenvalue weighted by atomic mass is 16.3. The van der Waals surface area contributed by atoms with E-state index >= 15 is 0 Å². The predicted molar refractivity (Wildman–Crippen MR) is 130 cm³/mol. The Hall–Kier alpha value is -3.76. The summed E-state index contributed by atoms with van der Waals surface area (Å²) in [5, 5.41) is 14.9. The second kappa shape index (κ2) is 9.00. The Bertz CT molecular complexity index is 1230. The minimum atomic E-state index is -0.533. The minimum Gasteiger partial charge on any atom is -0.389 e. The van der Waals surface area contributed by atoms with E-state index in [-0.39, 0.29) is 23.5 Å². The van der Waals surface area contributed by atoms with Crippen LogP contribution in [0.1, 0.15) is 23.0 Å². The predicted octanol–water partition coefficient (Wildman–Crippen LogP) is 5.15. The first-order chi connectivity index (χ1) is 16.2. The molecule has 1 fully saturated rings. The molecule has 33 heavy (non-hydrogen) atoms. The zero-order valence-corrected chi connectivity index (χ0v) is 18.1. The molecule has 4 aromatic carbocycles. The molecule has 1 aliphatic carbocycles. The largest absolute Gasteiger partial charge is 0.389 e.